The fourth-order valence-corrected chi connectivity index (χ4v) is 2.82. The molecule has 2 aromatic carbocycles. The third kappa shape index (κ3) is 4.03. The van der Waals surface area contributed by atoms with Gasteiger partial charge in [0.25, 0.3) is 0 Å². The number of ether oxygens (including phenoxy) is 1. The van der Waals surface area contributed by atoms with E-state index in [1.165, 1.54) is 5.56 Å². The summed E-state index contributed by atoms with van der Waals surface area (Å²) in [6, 6.07) is 11.5. The molecule has 7 heteroatoms. The van der Waals surface area contributed by atoms with E-state index < -0.39 is 0 Å². The van der Waals surface area contributed by atoms with Gasteiger partial charge in [-0.25, -0.2) is 0 Å². The number of anilines is 4. The molecule has 134 valence electrons. The van der Waals surface area contributed by atoms with E-state index in [9.17, 15) is 0 Å². The molecular formula is C19H20ClN5O. The molecule has 0 aliphatic carbocycles. The molecule has 0 amide bonds. The fourth-order valence-electron chi connectivity index (χ4n) is 2.65. The van der Waals surface area contributed by atoms with Crippen LogP contribution in [0.15, 0.2) is 42.6 Å². The van der Waals surface area contributed by atoms with Gasteiger partial charge in [0.2, 0.25) is 5.95 Å². The van der Waals surface area contributed by atoms with Crippen molar-refractivity contribution in [2.75, 3.05) is 17.7 Å². The van der Waals surface area contributed by atoms with Crippen molar-refractivity contribution in [2.24, 2.45) is 0 Å². The zero-order valence-electron chi connectivity index (χ0n) is 14.9. The molecule has 0 saturated heterocycles. The Labute approximate surface area is 157 Å². The number of aromatic nitrogens is 3. The maximum atomic E-state index is 6.07. The highest BCUT2D eigenvalue weighted by Crippen LogP contribution is 2.30. The summed E-state index contributed by atoms with van der Waals surface area (Å²) in [5.41, 5.74) is 4.08. The van der Waals surface area contributed by atoms with Gasteiger partial charge in [-0.05, 0) is 42.7 Å². The van der Waals surface area contributed by atoms with Crippen molar-refractivity contribution in [3.63, 3.8) is 0 Å². The van der Waals surface area contributed by atoms with E-state index in [0.29, 0.717) is 28.2 Å². The van der Waals surface area contributed by atoms with E-state index in [1.54, 1.807) is 31.5 Å². The number of rotatable bonds is 6. The lowest BCUT2D eigenvalue weighted by atomic mass is 10.1. The maximum Gasteiger partial charge on any atom is 0.249 e. The van der Waals surface area contributed by atoms with Crippen LogP contribution in [-0.2, 0) is 6.42 Å². The van der Waals surface area contributed by atoms with E-state index in [4.69, 9.17) is 16.3 Å². The van der Waals surface area contributed by atoms with Gasteiger partial charge in [0.15, 0.2) is 5.82 Å². The van der Waals surface area contributed by atoms with E-state index in [0.717, 1.165) is 17.7 Å². The lowest BCUT2D eigenvalue weighted by Gasteiger charge is -2.14. The van der Waals surface area contributed by atoms with Crippen LogP contribution in [0.1, 0.15) is 18.1 Å². The lowest BCUT2D eigenvalue weighted by Crippen LogP contribution is -2.05. The normalized spacial score (nSPS) is 10.5. The average Bonchev–Trinajstić information content (AvgIpc) is 2.64. The standard InChI is InChI=1S/C19H20ClN5O/c1-4-13-7-5-6-12(2)18(13)23-17-11-21-25-19(24-17)22-15-10-14(20)8-9-16(15)26-3/h5-11H,4H2,1-3H3,(H2,22,23,24,25). The molecular weight excluding hydrogens is 350 g/mol. The second-order valence-corrected chi connectivity index (χ2v) is 6.16. The van der Waals surface area contributed by atoms with Crippen LogP contribution in [-0.4, -0.2) is 22.3 Å². The molecule has 1 aromatic heterocycles. The summed E-state index contributed by atoms with van der Waals surface area (Å²) in [7, 11) is 1.59. The molecule has 2 N–H and O–H groups in total. The van der Waals surface area contributed by atoms with Crippen molar-refractivity contribution in [3.8, 4) is 5.75 Å². The largest absolute Gasteiger partial charge is 0.495 e. The summed E-state index contributed by atoms with van der Waals surface area (Å²) in [5, 5.41) is 15.1. The van der Waals surface area contributed by atoms with Crippen molar-refractivity contribution < 1.29 is 4.74 Å². The van der Waals surface area contributed by atoms with Gasteiger partial charge in [-0.3, -0.25) is 0 Å². The number of hydrogen-bond acceptors (Lipinski definition) is 6. The molecule has 0 spiro atoms. The lowest BCUT2D eigenvalue weighted by molar-refractivity contribution is 0.417. The Hall–Kier alpha value is -2.86. The number of methoxy groups -OCH3 is 1. The molecule has 0 unspecified atom stereocenters. The van der Waals surface area contributed by atoms with Crippen molar-refractivity contribution >= 4 is 34.7 Å². The monoisotopic (exact) mass is 369 g/mol. The van der Waals surface area contributed by atoms with Gasteiger partial charge in [0, 0.05) is 10.7 Å². The second-order valence-electron chi connectivity index (χ2n) is 5.72. The van der Waals surface area contributed by atoms with E-state index in [-0.39, 0.29) is 0 Å². The number of benzene rings is 2. The Balaban J connectivity index is 1.87. The fraction of sp³-hybridized carbons (Fsp3) is 0.211. The van der Waals surface area contributed by atoms with Crippen LogP contribution < -0.4 is 15.4 Å². The third-order valence-electron chi connectivity index (χ3n) is 3.96. The minimum absolute atomic E-state index is 0.349. The summed E-state index contributed by atoms with van der Waals surface area (Å²) in [6.45, 7) is 4.18. The Bertz CT molecular complexity index is 916. The zero-order chi connectivity index (χ0) is 18.5. The van der Waals surface area contributed by atoms with Gasteiger partial charge in [0.1, 0.15) is 5.75 Å². The SMILES string of the molecule is CCc1cccc(C)c1Nc1cnnc(Nc2cc(Cl)ccc2OC)n1. The van der Waals surface area contributed by atoms with Crippen molar-refractivity contribution in [3.05, 3.63) is 58.7 Å². The summed E-state index contributed by atoms with van der Waals surface area (Å²) < 4.78 is 5.33. The molecule has 1 heterocycles. The highest BCUT2D eigenvalue weighted by Gasteiger charge is 2.09. The topological polar surface area (TPSA) is 72.0 Å². The molecule has 6 nitrogen and oxygen atoms in total. The van der Waals surface area contributed by atoms with Crippen LogP contribution in [0.4, 0.5) is 23.1 Å². The van der Waals surface area contributed by atoms with Crippen LogP contribution in [0.5, 0.6) is 5.75 Å². The minimum Gasteiger partial charge on any atom is -0.495 e. The second kappa shape index (κ2) is 8.01. The van der Waals surface area contributed by atoms with Gasteiger partial charge in [-0.1, -0.05) is 36.7 Å². The predicted octanol–water partition coefficient (Wildman–Crippen LogP) is 4.89. The molecule has 0 fully saturated rings. The smallest absolute Gasteiger partial charge is 0.249 e. The van der Waals surface area contributed by atoms with Crippen molar-refractivity contribution in [1.82, 2.24) is 15.2 Å². The van der Waals surface area contributed by atoms with Crippen LogP contribution in [0.2, 0.25) is 5.02 Å². The maximum absolute atomic E-state index is 6.07. The molecule has 0 radical (unpaired) electrons. The summed E-state index contributed by atoms with van der Waals surface area (Å²) in [6.07, 6.45) is 2.51. The number of para-hydroxylation sites is 1. The van der Waals surface area contributed by atoms with Gasteiger partial charge in [0.05, 0.1) is 19.0 Å². The van der Waals surface area contributed by atoms with Crippen LogP contribution in [0.3, 0.4) is 0 Å². The highest BCUT2D eigenvalue weighted by atomic mass is 35.5. The Morgan fingerprint density at radius 3 is 2.77 bits per heavy atom. The van der Waals surface area contributed by atoms with E-state index >= 15 is 0 Å². The molecule has 0 bridgehead atoms. The van der Waals surface area contributed by atoms with E-state index in [2.05, 4.69) is 57.9 Å². The molecule has 3 aromatic rings. The van der Waals surface area contributed by atoms with Gasteiger partial charge < -0.3 is 15.4 Å². The first kappa shape index (κ1) is 17.9. The Morgan fingerprint density at radius 1 is 1.15 bits per heavy atom. The van der Waals surface area contributed by atoms with Gasteiger partial charge in [-0.2, -0.15) is 10.1 Å². The van der Waals surface area contributed by atoms with Crippen LogP contribution in [0.25, 0.3) is 0 Å². The molecule has 0 saturated carbocycles. The summed E-state index contributed by atoms with van der Waals surface area (Å²) in [4.78, 5) is 4.49. The number of aryl methyl sites for hydroxylation is 2. The first-order valence-corrected chi connectivity index (χ1v) is 8.64. The van der Waals surface area contributed by atoms with Crippen molar-refractivity contribution in [1.29, 1.82) is 0 Å². The molecule has 3 rings (SSSR count). The number of hydrogen-bond donors (Lipinski definition) is 2. The number of nitrogens with one attached hydrogen (secondary N) is 2. The van der Waals surface area contributed by atoms with Crippen molar-refractivity contribution in [2.45, 2.75) is 20.3 Å². The average molecular weight is 370 g/mol. The van der Waals surface area contributed by atoms with Crippen LogP contribution in [0, 0.1) is 6.92 Å². The van der Waals surface area contributed by atoms with E-state index in [1.807, 2.05) is 0 Å². The summed E-state index contributed by atoms with van der Waals surface area (Å²) in [5.74, 6) is 1.60. The molecule has 0 aliphatic rings. The first-order valence-electron chi connectivity index (χ1n) is 8.26. The van der Waals surface area contributed by atoms with Crippen LogP contribution >= 0.6 is 11.6 Å². The van der Waals surface area contributed by atoms with Gasteiger partial charge >= 0.3 is 0 Å². The predicted molar refractivity (Wildman–Crippen MR) is 105 cm³/mol. The third-order valence-corrected chi connectivity index (χ3v) is 4.19. The molecule has 0 atom stereocenters. The summed E-state index contributed by atoms with van der Waals surface area (Å²) >= 11 is 6.07. The minimum atomic E-state index is 0.349. The highest BCUT2D eigenvalue weighted by molar-refractivity contribution is 6.31. The first-order chi connectivity index (χ1) is 12.6. The molecule has 26 heavy (non-hydrogen) atoms. The number of halogens is 1. The molecule has 0 aliphatic heterocycles. The Morgan fingerprint density at radius 2 is 2.00 bits per heavy atom. The zero-order valence-corrected chi connectivity index (χ0v) is 15.6. The number of nitrogens with zero attached hydrogens (tertiary/aromatic N) is 3. The quantitative estimate of drug-likeness (QED) is 0.644. The Kier molecular flexibility index (Phi) is 5.53. The van der Waals surface area contributed by atoms with Gasteiger partial charge in [-0.15, -0.1) is 5.10 Å².